The highest BCUT2D eigenvalue weighted by atomic mass is 15.3. The Morgan fingerprint density at radius 2 is 2.00 bits per heavy atom. The van der Waals surface area contributed by atoms with E-state index in [2.05, 4.69) is 67.1 Å². The fourth-order valence-corrected chi connectivity index (χ4v) is 5.61. The lowest BCUT2D eigenvalue weighted by molar-refractivity contribution is 0.0372. The van der Waals surface area contributed by atoms with Gasteiger partial charge in [-0.3, -0.25) is 4.90 Å². The van der Waals surface area contributed by atoms with Crippen molar-refractivity contribution >= 4 is 5.96 Å². The van der Waals surface area contributed by atoms with Gasteiger partial charge in [0.25, 0.3) is 0 Å². The number of benzene rings is 1. The molecule has 7 nitrogen and oxygen atoms in total. The van der Waals surface area contributed by atoms with E-state index in [4.69, 9.17) is 4.99 Å². The SMILES string of the molecule is CCNC(=NCc1nnc2n1CCC2)N1CCC2C(CCCN2Cc2ccccc2)C1. The Labute approximate surface area is 185 Å². The molecule has 1 N–H and O–H groups in total. The van der Waals surface area contributed by atoms with Gasteiger partial charge in [0.2, 0.25) is 0 Å². The minimum atomic E-state index is 0.611. The number of aliphatic imine (C=N–C) groups is 1. The van der Waals surface area contributed by atoms with E-state index >= 15 is 0 Å². The van der Waals surface area contributed by atoms with Crippen molar-refractivity contribution < 1.29 is 0 Å². The first kappa shape index (κ1) is 20.5. The van der Waals surface area contributed by atoms with Crippen LogP contribution in [0.4, 0.5) is 0 Å². The molecule has 3 aliphatic rings. The van der Waals surface area contributed by atoms with Crippen molar-refractivity contribution in [1.29, 1.82) is 0 Å². The van der Waals surface area contributed by atoms with Crippen molar-refractivity contribution in [2.24, 2.45) is 10.9 Å². The van der Waals surface area contributed by atoms with E-state index < -0.39 is 0 Å². The number of rotatable bonds is 5. The Morgan fingerprint density at radius 1 is 1.10 bits per heavy atom. The molecule has 0 bridgehead atoms. The van der Waals surface area contributed by atoms with Gasteiger partial charge < -0.3 is 14.8 Å². The monoisotopic (exact) mass is 421 g/mol. The van der Waals surface area contributed by atoms with Gasteiger partial charge in [-0.05, 0) is 50.6 Å². The van der Waals surface area contributed by atoms with Crippen LogP contribution < -0.4 is 5.32 Å². The molecule has 166 valence electrons. The van der Waals surface area contributed by atoms with Crippen LogP contribution >= 0.6 is 0 Å². The molecule has 0 amide bonds. The van der Waals surface area contributed by atoms with Crippen LogP contribution in [-0.2, 0) is 26.1 Å². The summed E-state index contributed by atoms with van der Waals surface area (Å²) in [6, 6.07) is 11.6. The fourth-order valence-electron chi connectivity index (χ4n) is 5.61. The summed E-state index contributed by atoms with van der Waals surface area (Å²) in [6.07, 6.45) is 6.05. The number of guanidine groups is 1. The van der Waals surface area contributed by atoms with E-state index in [1.54, 1.807) is 0 Å². The molecular weight excluding hydrogens is 386 g/mol. The van der Waals surface area contributed by atoms with Crippen LogP contribution in [0.25, 0.3) is 0 Å². The van der Waals surface area contributed by atoms with Gasteiger partial charge >= 0.3 is 0 Å². The number of aryl methyl sites for hydroxylation is 1. The van der Waals surface area contributed by atoms with Gasteiger partial charge in [0.15, 0.2) is 11.8 Å². The zero-order valence-electron chi connectivity index (χ0n) is 18.7. The van der Waals surface area contributed by atoms with E-state index in [1.165, 1.54) is 37.8 Å². The van der Waals surface area contributed by atoms with Crippen molar-refractivity contribution in [3.05, 3.63) is 47.5 Å². The second kappa shape index (κ2) is 9.39. The molecule has 2 saturated heterocycles. The van der Waals surface area contributed by atoms with Crippen molar-refractivity contribution in [2.45, 2.75) is 64.7 Å². The highest BCUT2D eigenvalue weighted by Gasteiger charge is 2.36. The third-order valence-corrected chi connectivity index (χ3v) is 7.10. The summed E-state index contributed by atoms with van der Waals surface area (Å²) in [4.78, 5) is 10.2. The zero-order valence-corrected chi connectivity index (χ0v) is 18.7. The van der Waals surface area contributed by atoms with E-state index in [9.17, 15) is 0 Å². The molecule has 1 aromatic heterocycles. The van der Waals surface area contributed by atoms with Gasteiger partial charge in [0.1, 0.15) is 12.4 Å². The molecule has 2 fully saturated rings. The number of likely N-dealkylation sites (tertiary alicyclic amines) is 2. The second-order valence-electron chi connectivity index (χ2n) is 9.12. The Morgan fingerprint density at radius 3 is 2.87 bits per heavy atom. The van der Waals surface area contributed by atoms with Crippen molar-refractivity contribution in [3.63, 3.8) is 0 Å². The van der Waals surface area contributed by atoms with Crippen LogP contribution in [0.1, 0.15) is 49.8 Å². The largest absolute Gasteiger partial charge is 0.357 e. The van der Waals surface area contributed by atoms with Gasteiger partial charge in [-0.15, -0.1) is 10.2 Å². The van der Waals surface area contributed by atoms with Crippen LogP contribution in [0.3, 0.4) is 0 Å². The minimum absolute atomic E-state index is 0.611. The van der Waals surface area contributed by atoms with Gasteiger partial charge in [0, 0.05) is 45.2 Å². The van der Waals surface area contributed by atoms with Crippen LogP contribution in [0.2, 0.25) is 0 Å². The van der Waals surface area contributed by atoms with Crippen molar-refractivity contribution in [1.82, 2.24) is 29.9 Å². The molecule has 5 rings (SSSR count). The third kappa shape index (κ3) is 4.47. The maximum absolute atomic E-state index is 4.98. The predicted molar refractivity (Wildman–Crippen MR) is 123 cm³/mol. The van der Waals surface area contributed by atoms with Crippen LogP contribution in [0, 0.1) is 5.92 Å². The van der Waals surface area contributed by atoms with Gasteiger partial charge in [0.05, 0.1) is 0 Å². The first-order valence-electron chi connectivity index (χ1n) is 12.0. The molecule has 2 unspecified atom stereocenters. The summed E-state index contributed by atoms with van der Waals surface area (Å²) >= 11 is 0. The number of nitrogens with zero attached hydrogens (tertiary/aromatic N) is 6. The first-order chi connectivity index (χ1) is 15.3. The lowest BCUT2D eigenvalue weighted by Crippen LogP contribution is -2.56. The fraction of sp³-hybridized carbons (Fsp3) is 0.625. The summed E-state index contributed by atoms with van der Waals surface area (Å²) in [5, 5.41) is 12.3. The summed E-state index contributed by atoms with van der Waals surface area (Å²) in [5.41, 5.74) is 1.43. The molecule has 7 heteroatoms. The number of aromatic nitrogens is 3. The number of hydrogen-bond acceptors (Lipinski definition) is 4. The molecule has 2 atom stereocenters. The Kier molecular flexibility index (Phi) is 6.20. The third-order valence-electron chi connectivity index (χ3n) is 7.10. The molecule has 2 aromatic rings. The first-order valence-corrected chi connectivity index (χ1v) is 12.0. The standard InChI is InChI=1S/C24H35N7/c1-2-25-24(26-16-23-28-27-22-11-7-14-31(22)23)30-15-12-21-20(18-30)10-6-13-29(21)17-19-8-4-3-5-9-19/h3-5,8-9,20-21H,2,6-7,10-18H2,1H3,(H,25,26). The molecule has 3 aliphatic heterocycles. The van der Waals surface area contributed by atoms with Crippen LogP contribution in [-0.4, -0.2) is 62.7 Å². The molecule has 0 radical (unpaired) electrons. The van der Waals surface area contributed by atoms with E-state index in [1.807, 2.05) is 0 Å². The normalized spacial score (nSPS) is 24.2. The highest BCUT2D eigenvalue weighted by molar-refractivity contribution is 5.80. The van der Waals surface area contributed by atoms with Gasteiger partial charge in [-0.2, -0.15) is 0 Å². The zero-order chi connectivity index (χ0) is 21.0. The lowest BCUT2D eigenvalue weighted by atomic mass is 9.83. The molecule has 4 heterocycles. The van der Waals surface area contributed by atoms with Crippen molar-refractivity contribution in [2.75, 3.05) is 26.2 Å². The minimum Gasteiger partial charge on any atom is -0.357 e. The number of piperidine rings is 2. The average molecular weight is 422 g/mol. The molecule has 31 heavy (non-hydrogen) atoms. The smallest absolute Gasteiger partial charge is 0.194 e. The molecule has 1 aromatic carbocycles. The van der Waals surface area contributed by atoms with Crippen molar-refractivity contribution in [3.8, 4) is 0 Å². The van der Waals surface area contributed by atoms with Crippen LogP contribution in [0.5, 0.6) is 0 Å². The number of fused-ring (bicyclic) bond motifs is 2. The predicted octanol–water partition coefficient (Wildman–Crippen LogP) is 2.68. The highest BCUT2D eigenvalue weighted by Crippen LogP contribution is 2.31. The van der Waals surface area contributed by atoms with Gasteiger partial charge in [-0.25, -0.2) is 4.99 Å². The lowest BCUT2D eigenvalue weighted by Gasteiger charge is -2.48. The maximum atomic E-state index is 4.98. The maximum Gasteiger partial charge on any atom is 0.194 e. The summed E-state index contributed by atoms with van der Waals surface area (Å²) in [5.74, 6) is 3.88. The summed E-state index contributed by atoms with van der Waals surface area (Å²) in [7, 11) is 0. The van der Waals surface area contributed by atoms with E-state index in [-0.39, 0.29) is 0 Å². The number of hydrogen-bond donors (Lipinski definition) is 1. The molecular formula is C24H35N7. The Hall–Kier alpha value is -2.41. The Bertz CT molecular complexity index is 891. The second-order valence-corrected chi connectivity index (χ2v) is 9.12. The van der Waals surface area contributed by atoms with E-state index in [0.717, 1.165) is 56.8 Å². The number of nitrogens with one attached hydrogen (secondary N) is 1. The molecule has 0 aliphatic carbocycles. The Balaban J connectivity index is 1.25. The van der Waals surface area contributed by atoms with Crippen LogP contribution in [0.15, 0.2) is 35.3 Å². The van der Waals surface area contributed by atoms with E-state index in [0.29, 0.717) is 18.5 Å². The average Bonchev–Trinajstić information content (AvgIpc) is 3.42. The van der Waals surface area contributed by atoms with Gasteiger partial charge in [-0.1, -0.05) is 30.3 Å². The summed E-state index contributed by atoms with van der Waals surface area (Å²) < 4.78 is 2.25. The molecule has 0 spiro atoms. The molecule has 0 saturated carbocycles. The quantitative estimate of drug-likeness (QED) is 0.594. The summed E-state index contributed by atoms with van der Waals surface area (Å²) in [6.45, 7) is 9.15. The topological polar surface area (TPSA) is 61.6 Å².